The van der Waals surface area contributed by atoms with Gasteiger partial charge in [0.05, 0.1) is 12.7 Å². The highest BCUT2D eigenvalue weighted by molar-refractivity contribution is 5.96. The van der Waals surface area contributed by atoms with E-state index in [9.17, 15) is 14.7 Å². The number of rotatable bonds is 6. The summed E-state index contributed by atoms with van der Waals surface area (Å²) in [5, 5.41) is 12.8. The molecule has 0 spiro atoms. The second kappa shape index (κ2) is 6.52. The molecule has 5 heteroatoms. The molecule has 1 N–H and O–H groups in total. The predicted octanol–water partition coefficient (Wildman–Crippen LogP) is -0.0449. The van der Waals surface area contributed by atoms with Crippen LogP contribution < -0.4 is 15.2 Å². The van der Waals surface area contributed by atoms with Crippen molar-refractivity contribution in [1.82, 2.24) is 5.32 Å². The summed E-state index contributed by atoms with van der Waals surface area (Å²) in [7, 11) is 1.49. The van der Waals surface area contributed by atoms with Crippen LogP contribution in [0.1, 0.15) is 23.2 Å². The number of nitrogens with one attached hydrogen (secondary N) is 1. The first-order chi connectivity index (χ1) is 8.15. The lowest BCUT2D eigenvalue weighted by Crippen LogP contribution is -2.27. The molecule has 1 amide bonds. The first-order valence-corrected chi connectivity index (χ1v) is 5.26. The van der Waals surface area contributed by atoms with Crippen molar-refractivity contribution in [2.24, 2.45) is 0 Å². The van der Waals surface area contributed by atoms with Crippen LogP contribution in [0.25, 0.3) is 0 Å². The predicted molar refractivity (Wildman–Crippen MR) is 59.6 cm³/mol. The molecule has 0 saturated heterocycles. The van der Waals surface area contributed by atoms with Crippen molar-refractivity contribution in [3.8, 4) is 5.75 Å². The van der Waals surface area contributed by atoms with Gasteiger partial charge in [-0.2, -0.15) is 0 Å². The second-order valence-corrected chi connectivity index (χ2v) is 3.43. The molecule has 0 saturated carbocycles. The molecule has 5 nitrogen and oxygen atoms in total. The number of methoxy groups -OCH3 is 1. The van der Waals surface area contributed by atoms with Crippen molar-refractivity contribution in [2.75, 3.05) is 13.7 Å². The Morgan fingerprint density at radius 3 is 2.71 bits per heavy atom. The van der Waals surface area contributed by atoms with Gasteiger partial charge in [0, 0.05) is 12.5 Å². The van der Waals surface area contributed by atoms with Crippen LogP contribution in [0.3, 0.4) is 0 Å². The molecular weight excluding hydrogens is 222 g/mol. The van der Waals surface area contributed by atoms with E-state index >= 15 is 0 Å². The lowest BCUT2D eigenvalue weighted by Gasteiger charge is -2.09. The van der Waals surface area contributed by atoms with Crippen molar-refractivity contribution in [2.45, 2.75) is 12.8 Å². The van der Waals surface area contributed by atoms with E-state index in [-0.39, 0.29) is 12.3 Å². The lowest BCUT2D eigenvalue weighted by molar-refractivity contribution is -0.305. The van der Waals surface area contributed by atoms with Crippen molar-refractivity contribution >= 4 is 11.9 Å². The zero-order valence-corrected chi connectivity index (χ0v) is 9.56. The van der Waals surface area contributed by atoms with Gasteiger partial charge in [0.25, 0.3) is 5.91 Å². The Balaban J connectivity index is 2.49. The number of carboxylic acid groups (broad SMARTS) is 1. The second-order valence-electron chi connectivity index (χ2n) is 3.43. The van der Waals surface area contributed by atoms with Gasteiger partial charge in [-0.25, -0.2) is 0 Å². The maximum atomic E-state index is 11.7. The molecule has 0 heterocycles. The zero-order valence-electron chi connectivity index (χ0n) is 9.56. The largest absolute Gasteiger partial charge is 0.550 e. The number of amides is 1. The number of benzene rings is 1. The Labute approximate surface area is 99.4 Å². The van der Waals surface area contributed by atoms with Crippen molar-refractivity contribution in [3.63, 3.8) is 0 Å². The van der Waals surface area contributed by atoms with Gasteiger partial charge >= 0.3 is 0 Å². The number of carboxylic acids is 1. The third-order valence-electron chi connectivity index (χ3n) is 2.19. The fourth-order valence-electron chi connectivity index (χ4n) is 1.36. The summed E-state index contributed by atoms with van der Waals surface area (Å²) >= 11 is 0. The molecule has 1 aromatic rings. The number of carbonyl (C=O) groups excluding carboxylic acids is 2. The van der Waals surface area contributed by atoms with Crippen LogP contribution in [0, 0.1) is 0 Å². The van der Waals surface area contributed by atoms with Gasteiger partial charge < -0.3 is 20.0 Å². The zero-order chi connectivity index (χ0) is 12.7. The van der Waals surface area contributed by atoms with E-state index < -0.39 is 5.97 Å². The SMILES string of the molecule is COc1ccccc1C(=O)NCCCC(=O)[O-]. The molecule has 1 aromatic carbocycles. The molecule has 0 atom stereocenters. The van der Waals surface area contributed by atoms with Gasteiger partial charge in [-0.15, -0.1) is 0 Å². The van der Waals surface area contributed by atoms with Crippen molar-refractivity contribution in [3.05, 3.63) is 29.8 Å². The number of ether oxygens (including phenoxy) is 1. The van der Waals surface area contributed by atoms with Crippen LogP contribution in [-0.2, 0) is 4.79 Å². The average Bonchev–Trinajstić information content (AvgIpc) is 2.34. The number of hydrogen-bond acceptors (Lipinski definition) is 4. The minimum atomic E-state index is -1.11. The summed E-state index contributed by atoms with van der Waals surface area (Å²) in [4.78, 5) is 21.9. The maximum absolute atomic E-state index is 11.7. The van der Waals surface area contributed by atoms with Crippen molar-refractivity contribution < 1.29 is 19.4 Å². The van der Waals surface area contributed by atoms with E-state index in [2.05, 4.69) is 5.32 Å². The van der Waals surface area contributed by atoms with E-state index in [4.69, 9.17) is 4.74 Å². The molecule has 0 aliphatic rings. The Hall–Kier alpha value is -2.04. The molecule has 0 bridgehead atoms. The van der Waals surface area contributed by atoms with E-state index in [0.717, 1.165) is 0 Å². The molecule has 0 aliphatic carbocycles. The fourth-order valence-corrected chi connectivity index (χ4v) is 1.36. The summed E-state index contributed by atoms with van der Waals surface area (Å²) in [6, 6.07) is 6.84. The number of carbonyl (C=O) groups is 2. The number of aliphatic carboxylic acids is 1. The summed E-state index contributed by atoms with van der Waals surface area (Å²) in [6.07, 6.45) is 0.287. The highest BCUT2D eigenvalue weighted by atomic mass is 16.5. The topological polar surface area (TPSA) is 78.5 Å². The van der Waals surface area contributed by atoms with Gasteiger partial charge in [-0.1, -0.05) is 12.1 Å². The van der Waals surface area contributed by atoms with E-state index in [1.807, 2.05) is 0 Å². The molecule has 0 aliphatic heterocycles. The van der Waals surface area contributed by atoms with Gasteiger partial charge in [0.15, 0.2) is 0 Å². The normalized spacial score (nSPS) is 9.71. The lowest BCUT2D eigenvalue weighted by atomic mass is 10.2. The summed E-state index contributed by atoms with van der Waals surface area (Å²) in [6.45, 7) is 0.296. The minimum absolute atomic E-state index is 0.0633. The number of para-hydroxylation sites is 1. The first kappa shape index (κ1) is 13.0. The summed E-state index contributed by atoms with van der Waals surface area (Å²) in [5.41, 5.74) is 0.434. The van der Waals surface area contributed by atoms with Crippen LogP contribution in [-0.4, -0.2) is 25.5 Å². The maximum Gasteiger partial charge on any atom is 0.255 e. The fraction of sp³-hybridized carbons (Fsp3) is 0.333. The van der Waals surface area contributed by atoms with Crippen LogP contribution >= 0.6 is 0 Å². The van der Waals surface area contributed by atoms with Crippen LogP contribution in [0.2, 0.25) is 0 Å². The van der Waals surface area contributed by atoms with Gasteiger partial charge in [0.2, 0.25) is 0 Å². The summed E-state index contributed by atoms with van der Waals surface area (Å²) < 4.78 is 5.05. The average molecular weight is 236 g/mol. The van der Waals surface area contributed by atoms with Gasteiger partial charge in [0.1, 0.15) is 5.75 Å². The monoisotopic (exact) mass is 236 g/mol. The van der Waals surface area contributed by atoms with E-state index in [1.54, 1.807) is 24.3 Å². The van der Waals surface area contributed by atoms with Gasteiger partial charge in [-0.05, 0) is 25.0 Å². The first-order valence-electron chi connectivity index (χ1n) is 5.26. The highest BCUT2D eigenvalue weighted by Crippen LogP contribution is 2.16. The Morgan fingerprint density at radius 1 is 1.35 bits per heavy atom. The molecule has 0 aromatic heterocycles. The third-order valence-corrected chi connectivity index (χ3v) is 2.19. The molecule has 0 radical (unpaired) electrons. The standard InChI is InChI=1S/C12H15NO4/c1-17-10-6-3-2-5-9(10)12(16)13-8-4-7-11(14)15/h2-3,5-6H,4,7-8H2,1H3,(H,13,16)(H,14,15)/p-1. The molecule has 0 fully saturated rings. The Kier molecular flexibility index (Phi) is 5.00. The van der Waals surface area contributed by atoms with E-state index in [1.165, 1.54) is 7.11 Å². The number of hydrogen-bond donors (Lipinski definition) is 1. The third kappa shape index (κ3) is 4.14. The molecule has 0 unspecified atom stereocenters. The smallest absolute Gasteiger partial charge is 0.255 e. The highest BCUT2D eigenvalue weighted by Gasteiger charge is 2.09. The Morgan fingerprint density at radius 2 is 2.06 bits per heavy atom. The quantitative estimate of drug-likeness (QED) is 0.703. The molecular formula is C12H14NO4-. The van der Waals surface area contributed by atoms with Crippen LogP contribution in [0.15, 0.2) is 24.3 Å². The van der Waals surface area contributed by atoms with Crippen LogP contribution in [0.5, 0.6) is 5.75 Å². The van der Waals surface area contributed by atoms with Crippen LogP contribution in [0.4, 0.5) is 0 Å². The minimum Gasteiger partial charge on any atom is -0.550 e. The molecule has 17 heavy (non-hydrogen) atoms. The van der Waals surface area contributed by atoms with Gasteiger partial charge in [-0.3, -0.25) is 4.79 Å². The van der Waals surface area contributed by atoms with E-state index in [0.29, 0.717) is 24.3 Å². The Bertz CT molecular complexity index is 403. The van der Waals surface area contributed by atoms with Crippen molar-refractivity contribution in [1.29, 1.82) is 0 Å². The summed E-state index contributed by atoms with van der Waals surface area (Å²) in [5.74, 6) is -0.901. The molecule has 1 rings (SSSR count). The molecule has 92 valence electrons.